The molecule has 0 unspecified atom stereocenters. The zero-order valence-electron chi connectivity index (χ0n) is 9.07. The lowest BCUT2D eigenvalue weighted by Gasteiger charge is -2.19. The number of nitrogens with two attached hydrogens (primary N) is 1. The van der Waals surface area contributed by atoms with Crippen molar-refractivity contribution < 1.29 is 14.3 Å². The predicted octanol–water partition coefficient (Wildman–Crippen LogP) is -0.111. The number of hydrogen-bond donors (Lipinski definition) is 1. The first-order valence-electron chi connectivity index (χ1n) is 5.31. The number of hydrogen-bond acceptors (Lipinski definition) is 4. The summed E-state index contributed by atoms with van der Waals surface area (Å²) in [6.07, 6.45) is 2.49. The first-order valence-corrected chi connectivity index (χ1v) is 5.31. The fourth-order valence-corrected chi connectivity index (χ4v) is 1.46. The van der Waals surface area contributed by atoms with Crippen LogP contribution in [0.25, 0.3) is 0 Å². The average molecular weight is 214 g/mol. The average Bonchev–Trinajstić information content (AvgIpc) is 2.95. The third-order valence-electron chi connectivity index (χ3n) is 2.35. The Bertz CT molecular complexity index is 239. The van der Waals surface area contributed by atoms with Crippen molar-refractivity contribution in [1.82, 2.24) is 4.90 Å². The van der Waals surface area contributed by atoms with Crippen molar-refractivity contribution in [3.05, 3.63) is 0 Å². The molecule has 1 rings (SSSR count). The van der Waals surface area contributed by atoms with E-state index >= 15 is 0 Å². The molecule has 1 saturated carbocycles. The van der Waals surface area contributed by atoms with Crippen LogP contribution in [0.3, 0.4) is 0 Å². The van der Waals surface area contributed by atoms with Gasteiger partial charge in [0, 0.05) is 19.0 Å². The Kier molecular flexibility index (Phi) is 4.55. The van der Waals surface area contributed by atoms with E-state index in [2.05, 4.69) is 0 Å². The highest BCUT2D eigenvalue weighted by molar-refractivity contribution is 5.74. The smallest absolute Gasteiger partial charge is 0.320 e. The third-order valence-corrected chi connectivity index (χ3v) is 2.35. The van der Waals surface area contributed by atoms with E-state index < -0.39 is 0 Å². The molecule has 0 saturated heterocycles. The maximum Gasteiger partial charge on any atom is 0.320 e. The molecule has 1 fully saturated rings. The van der Waals surface area contributed by atoms with E-state index in [9.17, 15) is 9.59 Å². The fourth-order valence-electron chi connectivity index (χ4n) is 1.46. The zero-order valence-corrected chi connectivity index (χ0v) is 9.07. The molecule has 0 atom stereocenters. The molecule has 0 bridgehead atoms. The van der Waals surface area contributed by atoms with Gasteiger partial charge in [-0.15, -0.1) is 0 Å². The number of carbonyl (C=O) groups is 2. The largest absolute Gasteiger partial charge is 0.465 e. The number of carbonyl (C=O) groups excluding carboxylic acids is 2. The molecule has 15 heavy (non-hydrogen) atoms. The first kappa shape index (κ1) is 12.0. The Morgan fingerprint density at radius 2 is 2.13 bits per heavy atom. The predicted molar refractivity (Wildman–Crippen MR) is 55.0 cm³/mol. The Balaban J connectivity index is 2.30. The molecule has 0 spiro atoms. The fraction of sp³-hybridized carbons (Fsp3) is 0.800. The maximum absolute atomic E-state index is 11.3. The number of ether oxygens (including phenoxy) is 1. The van der Waals surface area contributed by atoms with Crippen LogP contribution in [0.15, 0.2) is 0 Å². The quantitative estimate of drug-likeness (QED) is 0.600. The second-order valence-electron chi connectivity index (χ2n) is 3.72. The Morgan fingerprint density at radius 3 is 2.60 bits per heavy atom. The van der Waals surface area contributed by atoms with Gasteiger partial charge in [0.2, 0.25) is 5.91 Å². The normalized spacial score (nSPS) is 15.3. The van der Waals surface area contributed by atoms with Crippen molar-refractivity contribution in [2.75, 3.05) is 19.7 Å². The molecular weight excluding hydrogens is 196 g/mol. The van der Waals surface area contributed by atoms with Crippen LogP contribution < -0.4 is 5.73 Å². The Labute approximate surface area is 89.6 Å². The number of nitrogens with zero attached hydrogens (tertiary/aromatic N) is 1. The lowest BCUT2D eigenvalue weighted by molar-refractivity contribution is -0.144. The van der Waals surface area contributed by atoms with Crippen LogP contribution in [0.5, 0.6) is 0 Å². The van der Waals surface area contributed by atoms with E-state index in [1.807, 2.05) is 4.90 Å². The zero-order chi connectivity index (χ0) is 11.3. The minimum Gasteiger partial charge on any atom is -0.465 e. The second kappa shape index (κ2) is 5.70. The van der Waals surface area contributed by atoms with Gasteiger partial charge in [-0.05, 0) is 19.8 Å². The highest BCUT2D eigenvalue weighted by Crippen LogP contribution is 2.26. The molecule has 5 nitrogen and oxygen atoms in total. The van der Waals surface area contributed by atoms with E-state index in [1.54, 1.807) is 6.92 Å². The van der Waals surface area contributed by atoms with Gasteiger partial charge in [-0.3, -0.25) is 14.5 Å². The van der Waals surface area contributed by atoms with Crippen molar-refractivity contribution in [1.29, 1.82) is 0 Å². The van der Waals surface area contributed by atoms with Crippen LogP contribution in [0, 0.1) is 0 Å². The monoisotopic (exact) mass is 214 g/mol. The SMILES string of the molecule is CCOC(=O)CN(CCC(N)=O)C1CC1. The van der Waals surface area contributed by atoms with Crippen LogP contribution >= 0.6 is 0 Å². The van der Waals surface area contributed by atoms with Gasteiger partial charge in [0.1, 0.15) is 0 Å². The maximum atomic E-state index is 11.3. The van der Waals surface area contributed by atoms with Crippen molar-refractivity contribution in [3.63, 3.8) is 0 Å². The first-order chi connectivity index (χ1) is 7.13. The molecule has 0 heterocycles. The summed E-state index contributed by atoms with van der Waals surface area (Å²) >= 11 is 0. The van der Waals surface area contributed by atoms with Gasteiger partial charge in [0.25, 0.3) is 0 Å². The summed E-state index contributed by atoms with van der Waals surface area (Å²) in [5.74, 6) is -0.557. The minimum absolute atomic E-state index is 0.228. The summed E-state index contributed by atoms with van der Waals surface area (Å²) < 4.78 is 4.86. The van der Waals surface area contributed by atoms with Crippen molar-refractivity contribution in [3.8, 4) is 0 Å². The van der Waals surface area contributed by atoms with Crippen LogP contribution in [0.1, 0.15) is 26.2 Å². The third kappa shape index (κ3) is 4.78. The summed E-state index contributed by atoms with van der Waals surface area (Å²) in [4.78, 5) is 23.9. The lowest BCUT2D eigenvalue weighted by Crippen LogP contribution is -2.35. The number of amides is 1. The van der Waals surface area contributed by atoms with Gasteiger partial charge in [0.05, 0.1) is 13.2 Å². The number of rotatable bonds is 7. The Hall–Kier alpha value is -1.10. The molecule has 0 aromatic heterocycles. The van der Waals surface area contributed by atoms with Gasteiger partial charge in [-0.1, -0.05) is 0 Å². The summed E-state index contributed by atoms with van der Waals surface area (Å²) in [5.41, 5.74) is 5.07. The van der Waals surface area contributed by atoms with Crippen LogP contribution in [0.2, 0.25) is 0 Å². The molecule has 0 radical (unpaired) electrons. The van der Waals surface area contributed by atoms with Crippen molar-refractivity contribution in [2.24, 2.45) is 5.73 Å². The molecular formula is C10H18N2O3. The van der Waals surface area contributed by atoms with Gasteiger partial charge in [-0.25, -0.2) is 0 Å². The van der Waals surface area contributed by atoms with Crippen LogP contribution in [-0.2, 0) is 14.3 Å². The summed E-state index contributed by atoms with van der Waals surface area (Å²) in [6.45, 7) is 3.00. The van der Waals surface area contributed by atoms with E-state index in [0.717, 1.165) is 12.8 Å². The molecule has 0 aromatic rings. The highest BCUT2D eigenvalue weighted by Gasteiger charge is 2.30. The van der Waals surface area contributed by atoms with E-state index in [4.69, 9.17) is 10.5 Å². The molecule has 2 N–H and O–H groups in total. The van der Waals surface area contributed by atoms with E-state index in [-0.39, 0.29) is 18.4 Å². The summed E-state index contributed by atoms with van der Waals surface area (Å²) in [7, 11) is 0. The molecule has 0 aliphatic heterocycles. The molecule has 5 heteroatoms. The minimum atomic E-state index is -0.329. The number of primary amides is 1. The van der Waals surface area contributed by atoms with Crippen molar-refractivity contribution >= 4 is 11.9 Å². The molecule has 1 amide bonds. The number of esters is 1. The van der Waals surface area contributed by atoms with Gasteiger partial charge in [-0.2, -0.15) is 0 Å². The van der Waals surface area contributed by atoms with E-state index in [1.165, 1.54) is 0 Å². The van der Waals surface area contributed by atoms with Gasteiger partial charge in [0.15, 0.2) is 0 Å². The van der Waals surface area contributed by atoms with E-state index in [0.29, 0.717) is 25.6 Å². The van der Waals surface area contributed by atoms with Crippen molar-refractivity contribution in [2.45, 2.75) is 32.2 Å². The van der Waals surface area contributed by atoms with Gasteiger partial charge < -0.3 is 10.5 Å². The van der Waals surface area contributed by atoms with Gasteiger partial charge >= 0.3 is 5.97 Å². The van der Waals surface area contributed by atoms with Crippen LogP contribution in [-0.4, -0.2) is 42.5 Å². The summed E-state index contributed by atoms with van der Waals surface area (Å²) in [6, 6.07) is 0.439. The molecule has 0 aromatic carbocycles. The molecule has 1 aliphatic carbocycles. The topological polar surface area (TPSA) is 72.6 Å². The standard InChI is InChI=1S/C10H18N2O3/c1-2-15-10(14)7-12(8-3-4-8)6-5-9(11)13/h8H,2-7H2,1H3,(H2,11,13). The van der Waals surface area contributed by atoms with Crippen LogP contribution in [0.4, 0.5) is 0 Å². The Morgan fingerprint density at radius 1 is 1.47 bits per heavy atom. The molecule has 1 aliphatic rings. The second-order valence-corrected chi connectivity index (χ2v) is 3.72. The lowest BCUT2D eigenvalue weighted by atomic mass is 10.3. The summed E-state index contributed by atoms with van der Waals surface area (Å²) in [5, 5.41) is 0. The highest BCUT2D eigenvalue weighted by atomic mass is 16.5. The molecule has 86 valence electrons.